The van der Waals surface area contributed by atoms with Gasteiger partial charge in [0.05, 0.1) is 19.6 Å². The average molecular weight is 225 g/mol. The highest BCUT2D eigenvalue weighted by molar-refractivity contribution is 5.92. The number of carbonyl (C=O) groups excluding carboxylic acids is 2. The zero-order valence-corrected chi connectivity index (χ0v) is 9.37. The number of hydrogen-bond donors (Lipinski definition) is 2. The van der Waals surface area contributed by atoms with Crippen molar-refractivity contribution in [3.63, 3.8) is 0 Å². The zero-order chi connectivity index (χ0) is 12.6. The van der Waals surface area contributed by atoms with Gasteiger partial charge in [0, 0.05) is 12.2 Å². The Bertz CT molecular complexity index is 342. The molecule has 0 aromatic rings. The summed E-state index contributed by atoms with van der Waals surface area (Å²) in [6.07, 6.45) is -0.176. The van der Waals surface area contributed by atoms with Gasteiger partial charge in [-0.1, -0.05) is 0 Å². The van der Waals surface area contributed by atoms with Gasteiger partial charge in [0.1, 0.15) is 0 Å². The summed E-state index contributed by atoms with van der Waals surface area (Å²) in [6.45, 7) is 11.0. The quantitative estimate of drug-likeness (QED) is 0.383. The maximum Gasteiger partial charge on any atom is 0.338 e. The minimum Gasteiger partial charge on any atom is -0.471 e. The van der Waals surface area contributed by atoms with Crippen molar-refractivity contribution in [1.82, 2.24) is 5.32 Å². The zero-order valence-electron chi connectivity index (χ0n) is 9.37. The molecule has 0 aliphatic rings. The van der Waals surface area contributed by atoms with E-state index in [1.165, 1.54) is 0 Å². The lowest BCUT2D eigenvalue weighted by atomic mass is 10.2. The molecule has 0 aromatic heterocycles. The van der Waals surface area contributed by atoms with Crippen LogP contribution >= 0.6 is 0 Å². The number of esters is 1. The molecule has 0 saturated heterocycles. The second-order valence-corrected chi connectivity index (χ2v) is 2.83. The molecular formula is C10H15N3O3. The van der Waals surface area contributed by atoms with E-state index in [1.54, 1.807) is 13.8 Å². The Morgan fingerprint density at radius 1 is 1.44 bits per heavy atom. The Balaban J connectivity index is 5.07. The first-order chi connectivity index (χ1) is 7.56. The van der Waals surface area contributed by atoms with Gasteiger partial charge in [-0.2, -0.15) is 0 Å². The first-order valence-corrected chi connectivity index (χ1v) is 4.86. The molecular weight excluding hydrogens is 210 g/mol. The van der Waals surface area contributed by atoms with E-state index in [4.69, 9.17) is 17.0 Å². The van der Waals surface area contributed by atoms with Gasteiger partial charge in [0.2, 0.25) is 5.91 Å². The topological polar surface area (TPSA) is 85.8 Å². The number of rotatable bonds is 6. The van der Waals surface area contributed by atoms with E-state index in [2.05, 4.69) is 10.2 Å². The molecule has 0 saturated carbocycles. The molecule has 88 valence electrons. The van der Waals surface area contributed by atoms with Crippen LogP contribution in [0.5, 0.6) is 0 Å². The second-order valence-electron chi connectivity index (χ2n) is 2.83. The van der Waals surface area contributed by atoms with Gasteiger partial charge in [0.15, 0.2) is 0 Å². The monoisotopic (exact) mass is 225 g/mol. The van der Waals surface area contributed by atoms with Gasteiger partial charge in [-0.05, 0) is 13.8 Å². The van der Waals surface area contributed by atoms with E-state index in [0.717, 1.165) is 0 Å². The molecule has 3 N–H and O–H groups in total. The van der Waals surface area contributed by atoms with Gasteiger partial charge in [-0.3, -0.25) is 9.59 Å². The number of nitrogens with one attached hydrogen (secondary N) is 1. The molecule has 0 fully saturated rings. The molecule has 6 nitrogen and oxygen atoms in total. The van der Waals surface area contributed by atoms with Crippen molar-refractivity contribution in [3.05, 3.63) is 22.8 Å². The Kier molecular flexibility index (Phi) is 6.36. The minimum atomic E-state index is -0.741. The third kappa shape index (κ3) is 4.46. The van der Waals surface area contributed by atoms with E-state index in [9.17, 15) is 9.59 Å². The molecule has 0 spiro atoms. The van der Waals surface area contributed by atoms with Gasteiger partial charge >= 0.3 is 5.97 Å². The van der Waals surface area contributed by atoms with Gasteiger partial charge < -0.3 is 15.8 Å². The summed E-state index contributed by atoms with van der Waals surface area (Å²) in [5.41, 5.74) is 5.01. The molecule has 0 bridgehead atoms. The van der Waals surface area contributed by atoms with Gasteiger partial charge in [-0.25, -0.2) is 4.85 Å². The Labute approximate surface area is 94.3 Å². The lowest BCUT2D eigenvalue weighted by Crippen LogP contribution is -2.23. The number of nitrogens with two attached hydrogens (primary N) is 1. The predicted octanol–water partition coefficient (Wildman–Crippen LogP) is 0.165. The highest BCUT2D eigenvalue weighted by Crippen LogP contribution is 2.09. The van der Waals surface area contributed by atoms with Gasteiger partial charge in [-0.15, -0.1) is 0 Å². The molecule has 0 aliphatic carbocycles. The van der Waals surface area contributed by atoms with E-state index in [1.807, 2.05) is 0 Å². The largest absolute Gasteiger partial charge is 0.471 e. The van der Waals surface area contributed by atoms with Gasteiger partial charge in [0.25, 0.3) is 5.70 Å². The van der Waals surface area contributed by atoms with Crippen LogP contribution in [0.15, 0.2) is 11.4 Å². The first-order valence-electron chi connectivity index (χ1n) is 4.86. The van der Waals surface area contributed by atoms with Crippen molar-refractivity contribution in [1.29, 1.82) is 0 Å². The van der Waals surface area contributed by atoms with Crippen LogP contribution < -0.4 is 11.1 Å². The van der Waals surface area contributed by atoms with Crippen molar-refractivity contribution in [2.24, 2.45) is 5.73 Å². The molecule has 0 aromatic carbocycles. The minimum absolute atomic E-state index is 0.174. The third-order valence-electron chi connectivity index (χ3n) is 1.61. The summed E-state index contributed by atoms with van der Waals surface area (Å²) < 4.78 is 4.70. The number of primary amides is 1. The highest BCUT2D eigenvalue weighted by atomic mass is 16.5. The van der Waals surface area contributed by atoms with Crippen molar-refractivity contribution in [2.45, 2.75) is 20.3 Å². The Morgan fingerprint density at radius 3 is 2.44 bits per heavy atom. The lowest BCUT2D eigenvalue weighted by molar-refractivity contribution is -0.138. The summed E-state index contributed by atoms with van der Waals surface area (Å²) >= 11 is 0. The van der Waals surface area contributed by atoms with Crippen LogP contribution in [0, 0.1) is 6.57 Å². The van der Waals surface area contributed by atoms with E-state index in [0.29, 0.717) is 6.54 Å². The normalized spacial score (nSPS) is 11.1. The molecule has 16 heavy (non-hydrogen) atoms. The smallest absolute Gasteiger partial charge is 0.338 e. The number of carbonyl (C=O) groups is 2. The Hall–Kier alpha value is -2.03. The fourth-order valence-electron chi connectivity index (χ4n) is 1.05. The summed E-state index contributed by atoms with van der Waals surface area (Å²) in [6, 6.07) is 0. The fraction of sp³-hybridized carbons (Fsp3) is 0.500. The van der Waals surface area contributed by atoms with E-state index in [-0.39, 0.29) is 24.4 Å². The molecule has 0 radical (unpaired) electrons. The lowest BCUT2D eigenvalue weighted by Gasteiger charge is -2.09. The molecule has 0 aliphatic heterocycles. The first kappa shape index (κ1) is 14.0. The summed E-state index contributed by atoms with van der Waals surface area (Å²) in [5, 5.41) is 2.77. The van der Waals surface area contributed by atoms with Crippen LogP contribution in [0.3, 0.4) is 0 Å². The number of nitrogens with zero attached hydrogens (tertiary/aromatic N) is 1. The highest BCUT2D eigenvalue weighted by Gasteiger charge is 2.18. The van der Waals surface area contributed by atoms with Crippen LogP contribution in [0.25, 0.3) is 4.85 Å². The van der Waals surface area contributed by atoms with Crippen LogP contribution in [-0.4, -0.2) is 25.0 Å². The summed E-state index contributed by atoms with van der Waals surface area (Å²) in [7, 11) is 0. The number of ether oxygens (including phenoxy) is 1. The van der Waals surface area contributed by atoms with E-state index < -0.39 is 11.9 Å². The van der Waals surface area contributed by atoms with Crippen LogP contribution in [0.1, 0.15) is 20.3 Å². The predicted molar refractivity (Wildman–Crippen MR) is 57.7 cm³/mol. The number of amides is 1. The van der Waals surface area contributed by atoms with E-state index >= 15 is 0 Å². The average Bonchev–Trinajstić information content (AvgIpc) is 2.18. The molecule has 0 unspecified atom stereocenters. The summed E-state index contributed by atoms with van der Waals surface area (Å²) in [4.78, 5) is 25.2. The van der Waals surface area contributed by atoms with Crippen LogP contribution in [0.2, 0.25) is 0 Å². The van der Waals surface area contributed by atoms with Crippen molar-refractivity contribution < 1.29 is 14.3 Å². The molecule has 0 rings (SSSR count). The number of hydrogen-bond acceptors (Lipinski definition) is 4. The van der Waals surface area contributed by atoms with Crippen molar-refractivity contribution >= 4 is 11.9 Å². The SMILES string of the molecule is [C-]#[N+]/C(C(=O)OCC)=C(/CC(N)=O)NCC. The van der Waals surface area contributed by atoms with Crippen molar-refractivity contribution in [2.75, 3.05) is 13.2 Å². The standard InChI is InChI=1S/C10H15N3O3/c1-4-13-7(6-8(11)14)9(12-3)10(15)16-5-2/h13H,4-6H2,1-2H3,(H2,11,14)/b9-7-. The second kappa shape index (κ2) is 7.29. The van der Waals surface area contributed by atoms with Crippen molar-refractivity contribution in [3.8, 4) is 0 Å². The fourth-order valence-corrected chi connectivity index (χ4v) is 1.05. The van der Waals surface area contributed by atoms with Crippen LogP contribution in [0.4, 0.5) is 0 Å². The molecule has 6 heteroatoms. The Morgan fingerprint density at radius 2 is 2.06 bits per heavy atom. The summed E-state index contributed by atoms with van der Waals surface area (Å²) in [5.74, 6) is -1.35. The molecule has 0 heterocycles. The maximum absolute atomic E-state index is 11.4. The third-order valence-corrected chi connectivity index (χ3v) is 1.61. The maximum atomic E-state index is 11.4. The molecule has 0 atom stereocenters. The molecule has 1 amide bonds. The van der Waals surface area contributed by atoms with Crippen LogP contribution in [-0.2, 0) is 14.3 Å².